The molecule has 0 bridgehead atoms. The van der Waals surface area contributed by atoms with E-state index in [1.807, 2.05) is 0 Å². The van der Waals surface area contributed by atoms with E-state index >= 15 is 0 Å². The number of aliphatic hydroxyl groups excluding tert-OH is 1. The number of aliphatic hydroxyl groups is 1. The number of rotatable bonds is 3. The Balaban J connectivity index is 1.55. The maximum absolute atomic E-state index is 12.6. The lowest BCUT2D eigenvalue weighted by Gasteiger charge is -2.71. The van der Waals surface area contributed by atoms with Crippen molar-refractivity contribution in [3.63, 3.8) is 0 Å². The molecule has 5 rings (SSSR count). The zero-order valence-corrected chi connectivity index (χ0v) is 22.5. The van der Waals surface area contributed by atoms with E-state index in [0.29, 0.717) is 36.0 Å². The molecule has 1 saturated heterocycles. The van der Waals surface area contributed by atoms with Crippen LogP contribution in [0.25, 0.3) is 0 Å². The van der Waals surface area contributed by atoms with Gasteiger partial charge in [-0.15, -0.1) is 0 Å². The van der Waals surface area contributed by atoms with Crippen molar-refractivity contribution in [1.82, 2.24) is 0 Å². The van der Waals surface area contributed by atoms with Gasteiger partial charge in [0.2, 0.25) is 0 Å². The van der Waals surface area contributed by atoms with Crippen LogP contribution in [0.15, 0.2) is 0 Å². The fraction of sp³-hybridized carbons (Fsp3) is 0.933. The van der Waals surface area contributed by atoms with Gasteiger partial charge >= 0.3 is 5.97 Å². The Morgan fingerprint density at radius 3 is 2.35 bits per heavy atom. The monoisotopic (exact) mass is 472 g/mol. The second-order valence-corrected chi connectivity index (χ2v) is 14.5. The van der Waals surface area contributed by atoms with Crippen LogP contribution in [0.1, 0.15) is 106 Å². The number of hydrogen-bond acceptors (Lipinski definition) is 4. The van der Waals surface area contributed by atoms with E-state index in [0.717, 1.165) is 32.1 Å². The number of cyclic esters (lactones) is 1. The van der Waals surface area contributed by atoms with Gasteiger partial charge in [-0.25, -0.2) is 0 Å². The molecule has 0 aromatic heterocycles. The third-order valence-electron chi connectivity index (χ3n) is 13.2. The first-order valence-electron chi connectivity index (χ1n) is 14.2. The number of carbonyl (C=O) groups excluding carboxylic acids is 2. The number of ether oxygens (including phenoxy) is 1. The van der Waals surface area contributed by atoms with Crippen LogP contribution < -0.4 is 0 Å². The van der Waals surface area contributed by atoms with Crippen LogP contribution in [0.5, 0.6) is 0 Å². The minimum atomic E-state index is -0.407. The average Bonchev–Trinajstić information content (AvgIpc) is 3.13. The molecule has 192 valence electrons. The maximum Gasteiger partial charge on any atom is 0.306 e. The van der Waals surface area contributed by atoms with Crippen molar-refractivity contribution in [2.45, 2.75) is 111 Å². The van der Waals surface area contributed by atoms with Gasteiger partial charge in [0.25, 0.3) is 0 Å². The van der Waals surface area contributed by atoms with Gasteiger partial charge in [0.1, 0.15) is 11.9 Å². The van der Waals surface area contributed by atoms with Crippen molar-refractivity contribution in [2.75, 3.05) is 6.61 Å². The van der Waals surface area contributed by atoms with Crippen LogP contribution in [0, 0.1) is 57.2 Å². The van der Waals surface area contributed by atoms with Crippen molar-refractivity contribution < 1.29 is 19.4 Å². The minimum absolute atomic E-state index is 0.0149. The van der Waals surface area contributed by atoms with Crippen LogP contribution in [0.2, 0.25) is 0 Å². The molecule has 4 heteroatoms. The highest BCUT2D eigenvalue weighted by Crippen LogP contribution is 2.76. The van der Waals surface area contributed by atoms with E-state index in [4.69, 9.17) is 4.74 Å². The van der Waals surface area contributed by atoms with Crippen molar-refractivity contribution in [3.05, 3.63) is 0 Å². The van der Waals surface area contributed by atoms with Crippen LogP contribution in [-0.4, -0.2) is 29.6 Å². The normalized spacial score (nSPS) is 52.8. The zero-order valence-electron chi connectivity index (χ0n) is 22.5. The molecule has 10 atom stereocenters. The Bertz CT molecular complexity index is 851. The average molecular weight is 473 g/mol. The molecule has 1 N–H and O–H groups in total. The second-order valence-electron chi connectivity index (χ2n) is 14.5. The third-order valence-corrected chi connectivity index (χ3v) is 13.2. The minimum Gasteiger partial charge on any atom is -0.459 e. The fourth-order valence-electron chi connectivity index (χ4n) is 11.4. The van der Waals surface area contributed by atoms with Crippen molar-refractivity contribution in [1.29, 1.82) is 0 Å². The molecule has 0 radical (unpaired) electrons. The van der Waals surface area contributed by atoms with Gasteiger partial charge in [-0.2, -0.15) is 0 Å². The van der Waals surface area contributed by atoms with Gasteiger partial charge < -0.3 is 14.6 Å². The summed E-state index contributed by atoms with van der Waals surface area (Å²) < 4.78 is 6.02. The van der Waals surface area contributed by atoms with Gasteiger partial charge in [0.05, 0.1) is 0 Å². The molecule has 0 aromatic carbocycles. The van der Waals surface area contributed by atoms with Crippen LogP contribution in [0.4, 0.5) is 0 Å². The summed E-state index contributed by atoms with van der Waals surface area (Å²) >= 11 is 0. The molecule has 5 aliphatic rings. The molecule has 4 aliphatic carbocycles. The third kappa shape index (κ3) is 3.05. The fourth-order valence-corrected chi connectivity index (χ4v) is 11.4. The highest BCUT2D eigenvalue weighted by atomic mass is 16.6. The van der Waals surface area contributed by atoms with Gasteiger partial charge in [-0.1, -0.05) is 27.7 Å². The predicted octanol–water partition coefficient (Wildman–Crippen LogP) is 6.19. The molecular formula is C30H48O4. The van der Waals surface area contributed by atoms with Gasteiger partial charge in [-0.3, -0.25) is 4.79 Å². The Morgan fingerprint density at radius 1 is 0.941 bits per heavy atom. The zero-order chi connectivity index (χ0) is 24.7. The van der Waals surface area contributed by atoms with Crippen molar-refractivity contribution in [2.24, 2.45) is 57.2 Å². The van der Waals surface area contributed by atoms with E-state index in [9.17, 15) is 14.7 Å². The highest BCUT2D eigenvalue weighted by Gasteiger charge is 2.70. The summed E-state index contributed by atoms with van der Waals surface area (Å²) in [6, 6.07) is 0. The van der Waals surface area contributed by atoms with Crippen LogP contribution >= 0.6 is 0 Å². The Labute approximate surface area is 207 Å². The number of esters is 1. The molecule has 0 amide bonds. The molecule has 4 saturated carbocycles. The molecule has 34 heavy (non-hydrogen) atoms. The number of aldehydes is 1. The largest absolute Gasteiger partial charge is 0.459 e. The Morgan fingerprint density at radius 2 is 1.68 bits per heavy atom. The lowest BCUT2D eigenvalue weighted by molar-refractivity contribution is -0.237. The molecule has 1 aliphatic heterocycles. The molecule has 0 aromatic rings. The molecular weight excluding hydrogens is 424 g/mol. The summed E-state index contributed by atoms with van der Waals surface area (Å²) in [5.74, 6) is 2.47. The van der Waals surface area contributed by atoms with E-state index in [2.05, 4.69) is 41.5 Å². The first-order valence-corrected chi connectivity index (χ1v) is 14.2. The van der Waals surface area contributed by atoms with E-state index in [1.165, 1.54) is 32.0 Å². The molecule has 10 unspecified atom stereocenters. The van der Waals surface area contributed by atoms with Gasteiger partial charge in [0, 0.05) is 24.9 Å². The molecule has 4 nitrogen and oxygen atoms in total. The maximum atomic E-state index is 12.6. The Hall–Kier alpha value is -0.900. The molecule has 5 fully saturated rings. The predicted molar refractivity (Wildman–Crippen MR) is 133 cm³/mol. The van der Waals surface area contributed by atoms with E-state index < -0.39 is 5.60 Å². The van der Waals surface area contributed by atoms with Crippen molar-refractivity contribution in [3.8, 4) is 0 Å². The summed E-state index contributed by atoms with van der Waals surface area (Å²) in [5.41, 5.74) is 0.133. The summed E-state index contributed by atoms with van der Waals surface area (Å²) in [5, 5.41) is 10.7. The van der Waals surface area contributed by atoms with Crippen LogP contribution in [0.3, 0.4) is 0 Å². The smallest absolute Gasteiger partial charge is 0.306 e. The standard InChI is InChI=1S/C30H48O4/c1-19(17-31)20-9-14-30(18-32)16-15-28(5)21(25(20)30)7-8-23-27(4)12-11-24(33)34-26(2,3)22(27)10-13-29(23,28)6/h17,19-23,25,32H,7-16,18H2,1-6H3. The SMILES string of the molecule is CC(C=O)C1CCC2(CO)CCC3(C)C(CCC4C5(C)CCC(=O)OC(C)(C)C5CCC43C)C12. The number of fused-ring (bicyclic) bond motifs is 7. The lowest BCUT2D eigenvalue weighted by atomic mass is 9.33. The van der Waals surface area contributed by atoms with E-state index in [1.54, 1.807) is 0 Å². The second kappa shape index (κ2) is 7.80. The highest BCUT2D eigenvalue weighted by molar-refractivity contribution is 5.70. The molecule has 0 spiro atoms. The van der Waals surface area contributed by atoms with Gasteiger partial charge in [0.15, 0.2) is 0 Å². The molecule has 1 heterocycles. The lowest BCUT2D eigenvalue weighted by Crippen LogP contribution is -2.65. The first kappa shape index (κ1) is 24.8. The quantitative estimate of drug-likeness (QED) is 0.393. The number of hydrogen-bond donors (Lipinski definition) is 1. The topological polar surface area (TPSA) is 63.6 Å². The first-order chi connectivity index (χ1) is 15.9. The van der Waals surface area contributed by atoms with Gasteiger partial charge in [-0.05, 0) is 117 Å². The number of carbonyl (C=O) groups is 2. The van der Waals surface area contributed by atoms with Crippen LogP contribution in [-0.2, 0) is 14.3 Å². The summed E-state index contributed by atoms with van der Waals surface area (Å²) in [6.45, 7) is 14.3. The van der Waals surface area contributed by atoms with E-state index in [-0.39, 0.29) is 40.2 Å². The summed E-state index contributed by atoms with van der Waals surface area (Å²) in [4.78, 5) is 24.5. The van der Waals surface area contributed by atoms with Crippen molar-refractivity contribution >= 4 is 12.3 Å². The Kier molecular flexibility index (Phi) is 5.68. The summed E-state index contributed by atoms with van der Waals surface area (Å²) in [6.07, 6.45) is 11.8. The summed E-state index contributed by atoms with van der Waals surface area (Å²) in [7, 11) is 0.